The van der Waals surface area contributed by atoms with Crippen molar-refractivity contribution < 1.29 is 14.4 Å². The van der Waals surface area contributed by atoms with E-state index in [1.807, 2.05) is 0 Å². The van der Waals surface area contributed by atoms with Gasteiger partial charge < -0.3 is 5.32 Å². The van der Waals surface area contributed by atoms with Gasteiger partial charge in [-0.15, -0.1) is 0 Å². The summed E-state index contributed by atoms with van der Waals surface area (Å²) in [7, 11) is 0. The Morgan fingerprint density at radius 1 is 1.19 bits per heavy atom. The van der Waals surface area contributed by atoms with E-state index in [9.17, 15) is 14.4 Å². The molecule has 2 saturated carbocycles. The van der Waals surface area contributed by atoms with Crippen molar-refractivity contribution in [2.24, 2.45) is 35.5 Å². The van der Waals surface area contributed by atoms with Crippen LogP contribution in [0.3, 0.4) is 0 Å². The Balaban J connectivity index is 1.37. The van der Waals surface area contributed by atoms with E-state index in [4.69, 9.17) is 11.6 Å². The van der Waals surface area contributed by atoms with Gasteiger partial charge >= 0.3 is 0 Å². The van der Waals surface area contributed by atoms with E-state index in [0.717, 1.165) is 10.9 Å². The molecule has 27 heavy (non-hydrogen) atoms. The second-order valence-corrected chi connectivity index (χ2v) is 9.26. The molecule has 5 aliphatic rings. The third-order valence-corrected chi connectivity index (χ3v) is 7.88. The number of benzene rings is 1. The summed E-state index contributed by atoms with van der Waals surface area (Å²) in [4.78, 5) is 40.0. The van der Waals surface area contributed by atoms with Crippen molar-refractivity contribution in [1.29, 1.82) is 0 Å². The summed E-state index contributed by atoms with van der Waals surface area (Å²) in [5, 5.41) is 3.23. The highest BCUT2D eigenvalue weighted by molar-refractivity contribution is 9.10. The van der Waals surface area contributed by atoms with Crippen molar-refractivity contribution in [3.05, 3.63) is 39.8 Å². The van der Waals surface area contributed by atoms with Gasteiger partial charge in [-0.05, 0) is 71.1 Å². The third-order valence-electron chi connectivity index (χ3n) is 6.65. The van der Waals surface area contributed by atoms with Gasteiger partial charge in [0.25, 0.3) is 0 Å². The molecule has 0 spiro atoms. The van der Waals surface area contributed by atoms with Gasteiger partial charge in [-0.25, -0.2) is 0 Å². The smallest absolute Gasteiger partial charge is 0.247 e. The number of likely N-dealkylation sites (tertiary alicyclic amines) is 1. The minimum absolute atomic E-state index is 0.159. The predicted molar refractivity (Wildman–Crippen MR) is 104 cm³/mol. The first-order chi connectivity index (χ1) is 12.9. The number of carbonyl (C=O) groups excluding carboxylic acids is 3. The lowest BCUT2D eigenvalue weighted by molar-refractivity contribution is -0.146. The predicted octanol–water partition coefficient (Wildman–Crippen LogP) is 3.48. The van der Waals surface area contributed by atoms with Crippen LogP contribution in [0.2, 0.25) is 5.02 Å². The fourth-order valence-electron chi connectivity index (χ4n) is 5.30. The standard InChI is InChI=1S/C20H18BrClN2O3/c1-8(18(25)23-9-2-5-14(21)15(22)6-9)24-19(26)16-10-3-4-11(13-7-12(10)13)17(16)20(24)27/h2-6,8,10-13,16-17H,7H2,1H3,(H,23,25)/t8-,10+,11+,12-,13+,16-,17+/m1/s1. The Kier molecular flexibility index (Phi) is 3.82. The van der Waals surface area contributed by atoms with Crippen molar-refractivity contribution in [2.75, 3.05) is 5.32 Å². The van der Waals surface area contributed by atoms with Gasteiger partial charge in [-0.3, -0.25) is 19.3 Å². The molecule has 7 heteroatoms. The van der Waals surface area contributed by atoms with Crippen molar-refractivity contribution >= 4 is 50.9 Å². The van der Waals surface area contributed by atoms with Crippen LogP contribution in [0.25, 0.3) is 0 Å². The van der Waals surface area contributed by atoms with E-state index in [1.165, 1.54) is 4.90 Å². The Morgan fingerprint density at radius 2 is 1.78 bits per heavy atom. The van der Waals surface area contributed by atoms with Gasteiger partial charge in [0, 0.05) is 10.2 Å². The number of carbonyl (C=O) groups is 3. The van der Waals surface area contributed by atoms with Crippen molar-refractivity contribution in [1.82, 2.24) is 4.90 Å². The van der Waals surface area contributed by atoms with Crippen LogP contribution in [-0.4, -0.2) is 28.7 Å². The Bertz CT molecular complexity index is 880. The largest absolute Gasteiger partial charge is 0.324 e. The number of allylic oxidation sites excluding steroid dienone is 2. The molecule has 0 unspecified atom stereocenters. The highest BCUT2D eigenvalue weighted by Gasteiger charge is 2.67. The van der Waals surface area contributed by atoms with Gasteiger partial charge in [0.1, 0.15) is 6.04 Å². The number of anilines is 1. The van der Waals surface area contributed by atoms with E-state index in [1.54, 1.807) is 25.1 Å². The summed E-state index contributed by atoms with van der Waals surface area (Å²) >= 11 is 9.37. The minimum Gasteiger partial charge on any atom is -0.324 e. The Labute approximate surface area is 170 Å². The van der Waals surface area contributed by atoms with E-state index in [-0.39, 0.29) is 41.4 Å². The molecule has 1 aliphatic heterocycles. The van der Waals surface area contributed by atoms with Gasteiger partial charge in [0.15, 0.2) is 0 Å². The van der Waals surface area contributed by atoms with Crippen molar-refractivity contribution in [3.63, 3.8) is 0 Å². The number of nitrogens with one attached hydrogen (secondary N) is 1. The molecule has 0 aromatic heterocycles. The average molecular weight is 450 g/mol. The molecular weight excluding hydrogens is 432 g/mol. The van der Waals surface area contributed by atoms with Crippen LogP contribution in [0.15, 0.2) is 34.8 Å². The zero-order chi connectivity index (χ0) is 19.0. The number of amides is 3. The summed E-state index contributed by atoms with van der Waals surface area (Å²) in [6.07, 6.45) is 5.38. The minimum atomic E-state index is -0.853. The van der Waals surface area contributed by atoms with Gasteiger partial charge in [-0.1, -0.05) is 23.8 Å². The van der Waals surface area contributed by atoms with Crippen LogP contribution in [-0.2, 0) is 14.4 Å². The second-order valence-electron chi connectivity index (χ2n) is 8.00. The van der Waals surface area contributed by atoms with Gasteiger partial charge in [0.05, 0.1) is 16.9 Å². The molecule has 1 N–H and O–H groups in total. The van der Waals surface area contributed by atoms with Gasteiger partial charge in [0.2, 0.25) is 17.7 Å². The highest BCUT2D eigenvalue weighted by Crippen LogP contribution is 2.65. The third kappa shape index (κ3) is 2.46. The monoisotopic (exact) mass is 448 g/mol. The van der Waals surface area contributed by atoms with E-state index in [2.05, 4.69) is 33.4 Å². The van der Waals surface area contributed by atoms with Crippen LogP contribution >= 0.6 is 27.5 Å². The molecule has 7 atom stereocenters. The topological polar surface area (TPSA) is 66.5 Å². The molecule has 6 rings (SSSR count). The SMILES string of the molecule is C[C@H](C(=O)Nc1ccc(Br)c(Cl)c1)N1C(=O)[C@@H]2[C@H]3C=C[C@@H]([C@@H]4C[C@H]34)[C@@H]2C1=O. The van der Waals surface area contributed by atoms with E-state index >= 15 is 0 Å². The molecule has 2 bridgehead atoms. The molecule has 4 aliphatic carbocycles. The Hall–Kier alpha value is -1.66. The van der Waals surface area contributed by atoms with E-state index < -0.39 is 6.04 Å². The number of rotatable bonds is 3. The lowest BCUT2D eigenvalue weighted by atomic mass is 9.63. The second kappa shape index (κ2) is 5.92. The molecular formula is C20H18BrClN2O3. The fourth-order valence-corrected chi connectivity index (χ4v) is 5.73. The first-order valence-electron chi connectivity index (χ1n) is 9.19. The Morgan fingerprint density at radius 3 is 2.33 bits per heavy atom. The number of halogens is 2. The number of nitrogens with zero attached hydrogens (tertiary/aromatic N) is 1. The average Bonchev–Trinajstić information content (AvgIpc) is 3.42. The summed E-state index contributed by atoms with van der Waals surface area (Å²) in [6, 6.07) is 4.22. The first-order valence-corrected chi connectivity index (χ1v) is 10.4. The molecule has 3 amide bonds. The van der Waals surface area contributed by atoms with Gasteiger partial charge in [-0.2, -0.15) is 0 Å². The number of hydrogen-bond acceptors (Lipinski definition) is 3. The number of imide groups is 1. The van der Waals surface area contributed by atoms with Crippen LogP contribution < -0.4 is 5.32 Å². The van der Waals surface area contributed by atoms with Crippen LogP contribution in [0.4, 0.5) is 5.69 Å². The molecule has 1 aromatic carbocycles. The summed E-state index contributed by atoms with van der Waals surface area (Å²) in [6.45, 7) is 1.61. The van der Waals surface area contributed by atoms with Crippen LogP contribution in [0, 0.1) is 35.5 Å². The normalized spacial score (nSPS) is 36.5. The first kappa shape index (κ1) is 17.4. The van der Waals surface area contributed by atoms with Crippen LogP contribution in [0.5, 0.6) is 0 Å². The maximum Gasteiger partial charge on any atom is 0.247 e. The lowest BCUT2D eigenvalue weighted by Crippen LogP contribution is -2.46. The molecule has 1 heterocycles. The quantitative estimate of drug-likeness (QED) is 0.567. The van der Waals surface area contributed by atoms with Crippen molar-refractivity contribution in [2.45, 2.75) is 19.4 Å². The summed E-state index contributed by atoms with van der Waals surface area (Å²) in [5.41, 5.74) is 0.527. The van der Waals surface area contributed by atoms with Crippen molar-refractivity contribution in [3.8, 4) is 0 Å². The summed E-state index contributed by atoms with van der Waals surface area (Å²) < 4.78 is 0.728. The lowest BCUT2D eigenvalue weighted by Gasteiger charge is -2.37. The zero-order valence-electron chi connectivity index (χ0n) is 14.6. The molecule has 5 nitrogen and oxygen atoms in total. The molecule has 140 valence electrons. The zero-order valence-corrected chi connectivity index (χ0v) is 16.9. The highest BCUT2D eigenvalue weighted by atomic mass is 79.9. The maximum absolute atomic E-state index is 13.1. The number of hydrogen-bond donors (Lipinski definition) is 1. The molecule has 1 aromatic rings. The fraction of sp³-hybridized carbons (Fsp3) is 0.450. The molecule has 3 fully saturated rings. The maximum atomic E-state index is 13.1. The molecule has 1 saturated heterocycles. The molecule has 0 radical (unpaired) electrons. The van der Waals surface area contributed by atoms with E-state index in [0.29, 0.717) is 22.5 Å². The summed E-state index contributed by atoms with van der Waals surface area (Å²) in [5.74, 6) is 0.0804. The van der Waals surface area contributed by atoms with Crippen LogP contribution in [0.1, 0.15) is 13.3 Å².